The van der Waals surface area contributed by atoms with Crippen molar-refractivity contribution in [3.05, 3.63) is 29.6 Å². The van der Waals surface area contributed by atoms with Crippen molar-refractivity contribution in [1.82, 2.24) is 15.2 Å². The number of carbonyl (C=O) groups excluding carboxylic acids is 1. The summed E-state index contributed by atoms with van der Waals surface area (Å²) in [5.41, 5.74) is 1.71. The van der Waals surface area contributed by atoms with Gasteiger partial charge in [0.1, 0.15) is 5.69 Å². The molecule has 0 bridgehead atoms. The minimum atomic E-state index is -0.0687. The average Bonchev–Trinajstić information content (AvgIpc) is 2.74. The quantitative estimate of drug-likeness (QED) is 0.883. The molecular formula is C15H23N3O. The number of hydrogen-bond acceptors (Lipinski definition) is 3. The maximum Gasteiger partial charge on any atom is 0.270 e. The van der Waals surface area contributed by atoms with E-state index in [4.69, 9.17) is 0 Å². The van der Waals surface area contributed by atoms with Crippen LogP contribution in [-0.4, -0.2) is 42.0 Å². The molecule has 1 aliphatic heterocycles. The standard InChI is InChI=1S/C15H23N3O/c1-15(2,3)11-5-6-13(16-9-11)14(19)17-12-7-8-18(4)10-12/h5-6,9,12H,7-8,10H2,1-4H3,(H,17,19)/t12-/m1/s1. The SMILES string of the molecule is CN1CC[C@@H](NC(=O)c2ccc(C(C)(C)C)cn2)C1. The van der Waals surface area contributed by atoms with Gasteiger partial charge in [0.2, 0.25) is 0 Å². The third-order valence-corrected chi connectivity index (χ3v) is 3.59. The maximum atomic E-state index is 12.1. The molecule has 0 aromatic carbocycles. The Morgan fingerprint density at radius 3 is 2.63 bits per heavy atom. The highest BCUT2D eigenvalue weighted by molar-refractivity contribution is 5.92. The van der Waals surface area contributed by atoms with Crippen LogP contribution in [0.4, 0.5) is 0 Å². The van der Waals surface area contributed by atoms with Crippen molar-refractivity contribution in [2.75, 3.05) is 20.1 Å². The van der Waals surface area contributed by atoms with Gasteiger partial charge in [0.05, 0.1) is 0 Å². The Labute approximate surface area is 115 Å². The molecule has 1 amide bonds. The van der Waals surface area contributed by atoms with Crippen LogP contribution in [0.25, 0.3) is 0 Å². The minimum absolute atomic E-state index is 0.0656. The van der Waals surface area contributed by atoms with E-state index >= 15 is 0 Å². The van der Waals surface area contributed by atoms with E-state index < -0.39 is 0 Å². The molecule has 0 saturated carbocycles. The fourth-order valence-electron chi connectivity index (χ4n) is 2.28. The lowest BCUT2D eigenvalue weighted by molar-refractivity contribution is 0.0933. The van der Waals surface area contributed by atoms with E-state index in [1.165, 1.54) is 0 Å². The summed E-state index contributed by atoms with van der Waals surface area (Å²) in [5.74, 6) is -0.0687. The molecule has 1 N–H and O–H groups in total. The van der Waals surface area contributed by atoms with Gasteiger partial charge >= 0.3 is 0 Å². The number of aromatic nitrogens is 1. The molecule has 0 radical (unpaired) electrons. The van der Waals surface area contributed by atoms with Crippen molar-refractivity contribution in [3.8, 4) is 0 Å². The average molecular weight is 261 g/mol. The first-order valence-electron chi connectivity index (χ1n) is 6.82. The van der Waals surface area contributed by atoms with Crippen LogP contribution in [0.1, 0.15) is 43.2 Å². The number of nitrogens with zero attached hydrogens (tertiary/aromatic N) is 2. The van der Waals surface area contributed by atoms with Gasteiger partial charge < -0.3 is 10.2 Å². The van der Waals surface area contributed by atoms with E-state index in [0.717, 1.165) is 25.1 Å². The molecule has 4 heteroatoms. The summed E-state index contributed by atoms with van der Waals surface area (Å²) in [6.45, 7) is 8.38. The van der Waals surface area contributed by atoms with Gasteiger partial charge in [-0.25, -0.2) is 0 Å². The summed E-state index contributed by atoms with van der Waals surface area (Å²) in [6.07, 6.45) is 2.82. The first-order chi connectivity index (χ1) is 8.86. The highest BCUT2D eigenvalue weighted by Crippen LogP contribution is 2.21. The van der Waals surface area contributed by atoms with Crippen molar-refractivity contribution in [2.24, 2.45) is 0 Å². The second-order valence-electron chi connectivity index (χ2n) is 6.40. The molecule has 0 spiro atoms. The van der Waals surface area contributed by atoms with Crippen molar-refractivity contribution in [2.45, 2.75) is 38.6 Å². The van der Waals surface area contributed by atoms with Crippen molar-refractivity contribution >= 4 is 5.91 Å². The Kier molecular flexibility index (Phi) is 3.90. The number of carbonyl (C=O) groups is 1. The van der Waals surface area contributed by atoms with Gasteiger partial charge in [-0.1, -0.05) is 26.8 Å². The number of rotatable bonds is 2. The molecule has 0 unspecified atom stereocenters. The molecular weight excluding hydrogens is 238 g/mol. The zero-order chi connectivity index (χ0) is 14.0. The first-order valence-corrected chi connectivity index (χ1v) is 6.82. The topological polar surface area (TPSA) is 45.2 Å². The van der Waals surface area contributed by atoms with E-state index in [2.05, 4.69) is 43.0 Å². The molecule has 4 nitrogen and oxygen atoms in total. The highest BCUT2D eigenvalue weighted by atomic mass is 16.1. The summed E-state index contributed by atoms with van der Waals surface area (Å²) >= 11 is 0. The van der Waals surface area contributed by atoms with Gasteiger partial charge in [-0.3, -0.25) is 9.78 Å². The first kappa shape index (κ1) is 14.0. The maximum absolute atomic E-state index is 12.1. The Balaban J connectivity index is 2.00. The fourth-order valence-corrected chi connectivity index (χ4v) is 2.28. The Morgan fingerprint density at radius 1 is 1.42 bits per heavy atom. The molecule has 2 heterocycles. The van der Waals surface area contributed by atoms with Gasteiger partial charge in [0, 0.05) is 18.8 Å². The van der Waals surface area contributed by atoms with E-state index in [9.17, 15) is 4.79 Å². The zero-order valence-corrected chi connectivity index (χ0v) is 12.2. The van der Waals surface area contributed by atoms with Crippen LogP contribution in [0.15, 0.2) is 18.3 Å². The van der Waals surface area contributed by atoms with Crippen LogP contribution in [0.5, 0.6) is 0 Å². The lowest BCUT2D eigenvalue weighted by Crippen LogP contribution is -2.36. The number of nitrogens with one attached hydrogen (secondary N) is 1. The van der Waals surface area contributed by atoms with Crippen LogP contribution >= 0.6 is 0 Å². The van der Waals surface area contributed by atoms with Gasteiger partial charge in [0.25, 0.3) is 5.91 Å². The number of pyridine rings is 1. The Bertz CT molecular complexity index is 447. The van der Waals surface area contributed by atoms with E-state index in [1.807, 2.05) is 12.1 Å². The lowest BCUT2D eigenvalue weighted by atomic mass is 9.88. The zero-order valence-electron chi connectivity index (χ0n) is 12.2. The van der Waals surface area contributed by atoms with Crippen LogP contribution in [0.2, 0.25) is 0 Å². The third-order valence-electron chi connectivity index (χ3n) is 3.59. The van der Waals surface area contributed by atoms with Crippen molar-refractivity contribution in [3.63, 3.8) is 0 Å². The fraction of sp³-hybridized carbons (Fsp3) is 0.600. The lowest BCUT2D eigenvalue weighted by Gasteiger charge is -2.18. The van der Waals surface area contributed by atoms with Crippen LogP contribution in [0, 0.1) is 0 Å². The second kappa shape index (κ2) is 5.29. The van der Waals surface area contributed by atoms with E-state index in [0.29, 0.717) is 5.69 Å². The monoisotopic (exact) mass is 261 g/mol. The van der Waals surface area contributed by atoms with Gasteiger partial charge in [-0.05, 0) is 37.1 Å². The predicted molar refractivity (Wildman–Crippen MR) is 76.3 cm³/mol. The summed E-state index contributed by atoms with van der Waals surface area (Å²) in [5, 5.41) is 3.04. The van der Waals surface area contributed by atoms with Crippen molar-refractivity contribution in [1.29, 1.82) is 0 Å². The van der Waals surface area contributed by atoms with E-state index in [1.54, 1.807) is 6.20 Å². The Morgan fingerprint density at radius 2 is 2.16 bits per heavy atom. The molecule has 19 heavy (non-hydrogen) atoms. The summed E-state index contributed by atoms with van der Waals surface area (Å²) in [6, 6.07) is 4.05. The second-order valence-corrected chi connectivity index (χ2v) is 6.40. The third kappa shape index (κ3) is 3.53. The molecule has 2 rings (SSSR count). The summed E-state index contributed by atoms with van der Waals surface area (Å²) in [7, 11) is 2.07. The van der Waals surface area contributed by atoms with E-state index in [-0.39, 0.29) is 17.4 Å². The van der Waals surface area contributed by atoms with Crippen LogP contribution in [-0.2, 0) is 5.41 Å². The van der Waals surface area contributed by atoms with Crippen LogP contribution in [0.3, 0.4) is 0 Å². The number of likely N-dealkylation sites (N-methyl/N-ethyl adjacent to an activating group) is 1. The molecule has 0 aliphatic carbocycles. The largest absolute Gasteiger partial charge is 0.347 e. The predicted octanol–water partition coefficient (Wildman–Crippen LogP) is 1.81. The molecule has 1 atom stereocenters. The van der Waals surface area contributed by atoms with Crippen LogP contribution < -0.4 is 5.32 Å². The molecule has 1 aliphatic rings. The normalized spacial score (nSPS) is 20.5. The highest BCUT2D eigenvalue weighted by Gasteiger charge is 2.22. The van der Waals surface area contributed by atoms with Crippen molar-refractivity contribution < 1.29 is 4.79 Å². The number of likely N-dealkylation sites (tertiary alicyclic amines) is 1. The Hall–Kier alpha value is -1.42. The minimum Gasteiger partial charge on any atom is -0.347 e. The number of amides is 1. The molecule has 1 fully saturated rings. The molecule has 1 aromatic rings. The van der Waals surface area contributed by atoms with Gasteiger partial charge in [-0.15, -0.1) is 0 Å². The van der Waals surface area contributed by atoms with Gasteiger partial charge in [-0.2, -0.15) is 0 Å². The molecule has 1 saturated heterocycles. The summed E-state index contributed by atoms with van der Waals surface area (Å²) < 4.78 is 0. The summed E-state index contributed by atoms with van der Waals surface area (Å²) in [4.78, 5) is 18.6. The van der Waals surface area contributed by atoms with Gasteiger partial charge in [0.15, 0.2) is 0 Å². The molecule has 1 aromatic heterocycles. The smallest absolute Gasteiger partial charge is 0.270 e. The molecule has 104 valence electrons. The number of hydrogen-bond donors (Lipinski definition) is 1.